The summed E-state index contributed by atoms with van der Waals surface area (Å²) in [6.45, 7) is 7.91. The average molecular weight is 312 g/mol. The molecule has 1 heterocycles. The van der Waals surface area contributed by atoms with Gasteiger partial charge in [-0.15, -0.1) is 0 Å². The summed E-state index contributed by atoms with van der Waals surface area (Å²) in [4.78, 5) is 2.20. The van der Waals surface area contributed by atoms with Crippen LogP contribution in [0.1, 0.15) is 31.9 Å². The Labute approximate surface area is 137 Å². The third-order valence-corrected chi connectivity index (χ3v) is 3.64. The molecule has 1 aromatic heterocycles. The van der Waals surface area contributed by atoms with Crippen LogP contribution in [0, 0.1) is 11.3 Å². The second-order valence-electron chi connectivity index (χ2n) is 6.48. The Hall–Kier alpha value is -2.16. The van der Waals surface area contributed by atoms with Crippen LogP contribution < -0.4 is 0 Å². The number of aromatic nitrogens is 2. The monoisotopic (exact) mass is 312 g/mol. The van der Waals surface area contributed by atoms with Crippen molar-refractivity contribution in [3.8, 4) is 17.3 Å². The number of aliphatic hydroxyl groups is 1. The first-order valence-electron chi connectivity index (χ1n) is 7.80. The van der Waals surface area contributed by atoms with E-state index in [-0.39, 0.29) is 0 Å². The number of aryl methyl sites for hydroxylation is 1. The molecule has 122 valence electrons. The van der Waals surface area contributed by atoms with E-state index in [4.69, 9.17) is 5.26 Å². The van der Waals surface area contributed by atoms with Crippen molar-refractivity contribution in [3.05, 3.63) is 41.6 Å². The highest BCUT2D eigenvalue weighted by Crippen LogP contribution is 2.24. The van der Waals surface area contributed by atoms with Crippen LogP contribution in [-0.2, 0) is 13.6 Å². The molecule has 2 rings (SSSR count). The lowest BCUT2D eigenvalue weighted by Crippen LogP contribution is -2.38. The van der Waals surface area contributed by atoms with Gasteiger partial charge in [-0.3, -0.25) is 9.58 Å². The standard InChI is InChI=1S/C18H24N4O/c1-5-22(13-18(2,3)23)12-16-11-21(4)20-17(16)15-8-6-14(10-19)7-9-15/h6-9,11,23H,5,12-13H2,1-4H3. The SMILES string of the molecule is CCN(Cc1cn(C)nc1-c1ccc(C#N)cc1)CC(C)(C)O. The van der Waals surface area contributed by atoms with Gasteiger partial charge in [-0.05, 0) is 32.5 Å². The van der Waals surface area contributed by atoms with Crippen molar-refractivity contribution in [1.82, 2.24) is 14.7 Å². The van der Waals surface area contributed by atoms with Gasteiger partial charge in [-0.1, -0.05) is 19.1 Å². The second-order valence-corrected chi connectivity index (χ2v) is 6.48. The van der Waals surface area contributed by atoms with Crippen LogP contribution in [0.4, 0.5) is 0 Å². The molecule has 0 bridgehead atoms. The van der Waals surface area contributed by atoms with Crippen molar-refractivity contribution in [2.45, 2.75) is 32.9 Å². The molecule has 0 saturated carbocycles. The first-order chi connectivity index (χ1) is 10.8. The number of hydrogen-bond acceptors (Lipinski definition) is 4. The van der Waals surface area contributed by atoms with E-state index in [1.165, 1.54) is 0 Å². The summed E-state index contributed by atoms with van der Waals surface area (Å²) < 4.78 is 1.81. The average Bonchev–Trinajstić information content (AvgIpc) is 2.86. The van der Waals surface area contributed by atoms with E-state index >= 15 is 0 Å². The Bertz CT molecular complexity index is 689. The molecule has 0 aliphatic heterocycles. The minimum Gasteiger partial charge on any atom is -0.389 e. The Kier molecular flexibility index (Phi) is 5.19. The summed E-state index contributed by atoms with van der Waals surface area (Å²) in [6, 6.07) is 9.60. The van der Waals surface area contributed by atoms with Crippen molar-refractivity contribution >= 4 is 0 Å². The van der Waals surface area contributed by atoms with Gasteiger partial charge in [0.1, 0.15) is 0 Å². The number of nitriles is 1. The molecule has 0 unspecified atom stereocenters. The molecular formula is C18H24N4O. The molecule has 5 heteroatoms. The van der Waals surface area contributed by atoms with Gasteiger partial charge < -0.3 is 5.11 Å². The molecule has 0 saturated heterocycles. The quantitative estimate of drug-likeness (QED) is 0.890. The lowest BCUT2D eigenvalue weighted by Gasteiger charge is -2.27. The van der Waals surface area contributed by atoms with Crippen LogP contribution in [0.15, 0.2) is 30.5 Å². The third kappa shape index (κ3) is 4.65. The molecule has 1 aromatic carbocycles. The maximum atomic E-state index is 10.1. The van der Waals surface area contributed by atoms with Crippen LogP contribution in [-0.4, -0.2) is 38.5 Å². The lowest BCUT2D eigenvalue weighted by atomic mass is 10.0. The van der Waals surface area contributed by atoms with Gasteiger partial charge in [-0.25, -0.2) is 0 Å². The maximum Gasteiger partial charge on any atom is 0.0991 e. The van der Waals surface area contributed by atoms with Crippen LogP contribution >= 0.6 is 0 Å². The van der Waals surface area contributed by atoms with E-state index in [1.54, 1.807) is 4.68 Å². The van der Waals surface area contributed by atoms with Crippen LogP contribution in [0.5, 0.6) is 0 Å². The predicted molar refractivity (Wildman–Crippen MR) is 90.6 cm³/mol. The Morgan fingerprint density at radius 1 is 1.30 bits per heavy atom. The number of likely N-dealkylation sites (N-methyl/N-ethyl adjacent to an activating group) is 1. The molecule has 2 aromatic rings. The van der Waals surface area contributed by atoms with Gasteiger partial charge in [0.15, 0.2) is 0 Å². The topological polar surface area (TPSA) is 65.1 Å². The summed E-state index contributed by atoms with van der Waals surface area (Å²) in [7, 11) is 1.91. The van der Waals surface area contributed by atoms with Crippen LogP contribution in [0.25, 0.3) is 11.3 Å². The molecule has 0 fully saturated rings. The van der Waals surface area contributed by atoms with Crippen molar-refractivity contribution in [2.24, 2.45) is 7.05 Å². The minimum absolute atomic E-state index is 0.602. The highest BCUT2D eigenvalue weighted by Gasteiger charge is 2.19. The van der Waals surface area contributed by atoms with Gasteiger partial charge in [-0.2, -0.15) is 10.4 Å². The summed E-state index contributed by atoms with van der Waals surface area (Å²) in [5, 5.41) is 23.5. The molecule has 0 amide bonds. The third-order valence-electron chi connectivity index (χ3n) is 3.64. The van der Waals surface area contributed by atoms with E-state index in [9.17, 15) is 5.11 Å². The normalized spacial score (nSPS) is 11.7. The van der Waals surface area contributed by atoms with Crippen molar-refractivity contribution in [1.29, 1.82) is 5.26 Å². The first kappa shape index (κ1) is 17.2. The molecule has 0 atom stereocenters. The Balaban J connectivity index is 2.27. The summed E-state index contributed by atoms with van der Waals surface area (Å²) in [5.74, 6) is 0. The molecule has 5 nitrogen and oxygen atoms in total. The van der Waals surface area contributed by atoms with E-state index in [0.29, 0.717) is 12.1 Å². The summed E-state index contributed by atoms with van der Waals surface area (Å²) in [5.41, 5.74) is 2.95. The zero-order valence-corrected chi connectivity index (χ0v) is 14.2. The van der Waals surface area contributed by atoms with Gasteiger partial charge in [0, 0.05) is 37.5 Å². The lowest BCUT2D eigenvalue weighted by molar-refractivity contribution is 0.0354. The molecule has 0 aliphatic rings. The highest BCUT2D eigenvalue weighted by atomic mass is 16.3. The van der Waals surface area contributed by atoms with E-state index in [0.717, 1.165) is 29.9 Å². The van der Waals surface area contributed by atoms with Gasteiger partial charge in [0.2, 0.25) is 0 Å². The zero-order chi connectivity index (χ0) is 17.0. The van der Waals surface area contributed by atoms with E-state index in [2.05, 4.69) is 23.0 Å². The molecule has 0 spiro atoms. The number of benzene rings is 1. The maximum absolute atomic E-state index is 10.1. The molecular weight excluding hydrogens is 288 g/mol. The van der Waals surface area contributed by atoms with Crippen molar-refractivity contribution < 1.29 is 5.11 Å². The minimum atomic E-state index is -0.729. The number of hydrogen-bond donors (Lipinski definition) is 1. The van der Waals surface area contributed by atoms with Gasteiger partial charge >= 0.3 is 0 Å². The fraction of sp³-hybridized carbons (Fsp3) is 0.444. The number of rotatable bonds is 6. The van der Waals surface area contributed by atoms with Gasteiger partial charge in [0.05, 0.1) is 22.9 Å². The van der Waals surface area contributed by atoms with E-state index in [1.807, 2.05) is 51.4 Å². The molecule has 1 N–H and O–H groups in total. The molecule has 0 aliphatic carbocycles. The van der Waals surface area contributed by atoms with Crippen molar-refractivity contribution in [3.63, 3.8) is 0 Å². The zero-order valence-electron chi connectivity index (χ0n) is 14.2. The summed E-state index contributed by atoms with van der Waals surface area (Å²) in [6.07, 6.45) is 2.01. The number of nitrogens with zero attached hydrogens (tertiary/aromatic N) is 4. The molecule has 0 radical (unpaired) electrons. The van der Waals surface area contributed by atoms with Crippen LogP contribution in [0.3, 0.4) is 0 Å². The summed E-state index contributed by atoms with van der Waals surface area (Å²) >= 11 is 0. The second kappa shape index (κ2) is 6.95. The fourth-order valence-electron chi connectivity index (χ4n) is 2.67. The van der Waals surface area contributed by atoms with Crippen molar-refractivity contribution in [2.75, 3.05) is 13.1 Å². The largest absolute Gasteiger partial charge is 0.389 e. The Morgan fingerprint density at radius 3 is 2.48 bits per heavy atom. The van der Waals surface area contributed by atoms with E-state index < -0.39 is 5.60 Å². The first-order valence-corrected chi connectivity index (χ1v) is 7.80. The van der Waals surface area contributed by atoms with Crippen LogP contribution in [0.2, 0.25) is 0 Å². The molecule has 23 heavy (non-hydrogen) atoms. The smallest absolute Gasteiger partial charge is 0.0991 e. The predicted octanol–water partition coefficient (Wildman–Crippen LogP) is 2.55. The highest BCUT2D eigenvalue weighted by molar-refractivity contribution is 5.63. The van der Waals surface area contributed by atoms with Gasteiger partial charge in [0.25, 0.3) is 0 Å². The fourth-order valence-corrected chi connectivity index (χ4v) is 2.67. The Morgan fingerprint density at radius 2 is 1.96 bits per heavy atom.